The molecule has 2 aliphatic rings. The van der Waals surface area contributed by atoms with Gasteiger partial charge in [0.25, 0.3) is 0 Å². The molecule has 0 radical (unpaired) electrons. The molecule has 1 spiro atoms. The van der Waals surface area contributed by atoms with Crippen LogP contribution in [0.15, 0.2) is 192 Å². The summed E-state index contributed by atoms with van der Waals surface area (Å²) in [6, 6.07) is 67.2. The van der Waals surface area contributed by atoms with Gasteiger partial charge in [-0.3, -0.25) is 0 Å². The summed E-state index contributed by atoms with van der Waals surface area (Å²) in [5.41, 5.74) is 17.0. The highest BCUT2D eigenvalue weighted by Gasteiger charge is 2.51. The SMILES string of the molecule is c1ccc(-c2cc(-c3nnc(-c4ccc(-c5ccc6c(c5)C5(c7ccccc7-c7ccccc75)c5ccccc5-6)c5ccccc45)o3)c3ccccc3n2)cc1. The average Bonchev–Trinajstić information content (AvgIpc) is 3.96. The quantitative estimate of drug-likeness (QED) is 0.182. The standard InChI is InChI=1S/C52H31N3O/c1-2-14-32(15-3-1)49-31-43(41-21-9-13-25-48(41)53-49)51-55-54-50(56-51)42-29-28-34(35-16-4-5-17-36(35)42)33-26-27-40-39-20-8-12-24-46(39)52(47(40)30-33)44-22-10-6-18-37(44)38-19-7-11-23-45(38)52/h1-31H. The summed E-state index contributed by atoms with van der Waals surface area (Å²) in [4.78, 5) is 4.97. The minimum atomic E-state index is -0.400. The lowest BCUT2D eigenvalue weighted by molar-refractivity contribution is 0.586. The van der Waals surface area contributed by atoms with Gasteiger partial charge >= 0.3 is 0 Å². The number of benzene rings is 8. The number of nitrogens with zero attached hydrogens (tertiary/aromatic N) is 3. The second-order valence-corrected chi connectivity index (χ2v) is 14.7. The Kier molecular flexibility index (Phi) is 6.52. The van der Waals surface area contributed by atoms with Crippen molar-refractivity contribution >= 4 is 21.7 Å². The van der Waals surface area contributed by atoms with Crippen LogP contribution in [0.3, 0.4) is 0 Å². The highest BCUT2D eigenvalue weighted by molar-refractivity contribution is 6.05. The summed E-state index contributed by atoms with van der Waals surface area (Å²) >= 11 is 0. The van der Waals surface area contributed by atoms with Crippen molar-refractivity contribution in [1.29, 1.82) is 0 Å². The van der Waals surface area contributed by atoms with E-state index in [1.807, 2.05) is 36.4 Å². The Hall–Kier alpha value is -7.43. The Labute approximate surface area is 323 Å². The minimum absolute atomic E-state index is 0.400. The first-order valence-corrected chi connectivity index (χ1v) is 19.0. The Morgan fingerprint density at radius 1 is 0.339 bits per heavy atom. The van der Waals surface area contributed by atoms with Crippen LogP contribution in [-0.2, 0) is 5.41 Å². The van der Waals surface area contributed by atoms with E-state index in [2.05, 4.69) is 162 Å². The van der Waals surface area contributed by atoms with Crippen LogP contribution in [0.25, 0.3) is 89.2 Å². The monoisotopic (exact) mass is 713 g/mol. The molecule has 12 rings (SSSR count). The molecule has 0 saturated carbocycles. The number of rotatable bonds is 4. The predicted molar refractivity (Wildman–Crippen MR) is 225 cm³/mol. The zero-order valence-electron chi connectivity index (χ0n) is 30.1. The third-order valence-electron chi connectivity index (χ3n) is 11.9. The lowest BCUT2D eigenvalue weighted by Gasteiger charge is -2.30. The molecule has 2 aliphatic carbocycles. The predicted octanol–water partition coefficient (Wildman–Crippen LogP) is 12.8. The number of fused-ring (bicyclic) bond motifs is 12. The van der Waals surface area contributed by atoms with Crippen molar-refractivity contribution in [3.63, 3.8) is 0 Å². The van der Waals surface area contributed by atoms with E-state index in [4.69, 9.17) is 9.40 Å². The lowest BCUT2D eigenvalue weighted by Crippen LogP contribution is -2.25. The van der Waals surface area contributed by atoms with Crippen LogP contribution in [0.4, 0.5) is 0 Å². The second kappa shape index (κ2) is 11.8. The summed E-state index contributed by atoms with van der Waals surface area (Å²) in [6.45, 7) is 0. The molecule has 0 saturated heterocycles. The van der Waals surface area contributed by atoms with Crippen molar-refractivity contribution in [2.75, 3.05) is 0 Å². The summed E-state index contributed by atoms with van der Waals surface area (Å²) < 4.78 is 6.58. The first-order chi connectivity index (χ1) is 27.8. The molecular weight excluding hydrogens is 683 g/mol. The van der Waals surface area contributed by atoms with Crippen molar-refractivity contribution in [1.82, 2.24) is 15.2 Å². The van der Waals surface area contributed by atoms with Crippen LogP contribution in [0.1, 0.15) is 22.3 Å². The van der Waals surface area contributed by atoms with Crippen molar-refractivity contribution in [2.24, 2.45) is 0 Å². The Bertz CT molecular complexity index is 3150. The first-order valence-electron chi connectivity index (χ1n) is 19.0. The Balaban J connectivity index is 1.01. The molecule has 10 aromatic rings. The number of para-hydroxylation sites is 1. The van der Waals surface area contributed by atoms with Crippen LogP contribution in [0, 0.1) is 0 Å². The van der Waals surface area contributed by atoms with Crippen molar-refractivity contribution in [3.05, 3.63) is 210 Å². The largest absolute Gasteiger partial charge is 0.416 e. The van der Waals surface area contributed by atoms with E-state index in [9.17, 15) is 0 Å². The Morgan fingerprint density at radius 3 is 1.52 bits per heavy atom. The second-order valence-electron chi connectivity index (χ2n) is 14.7. The van der Waals surface area contributed by atoms with E-state index in [1.165, 1.54) is 50.1 Å². The maximum Gasteiger partial charge on any atom is 0.248 e. The fourth-order valence-electron chi connectivity index (χ4n) is 9.55. The molecule has 0 fully saturated rings. The van der Waals surface area contributed by atoms with Gasteiger partial charge in [-0.2, -0.15) is 0 Å². The summed E-state index contributed by atoms with van der Waals surface area (Å²) in [6.07, 6.45) is 0. The van der Waals surface area contributed by atoms with Gasteiger partial charge in [0.05, 0.1) is 22.2 Å². The summed E-state index contributed by atoms with van der Waals surface area (Å²) in [5, 5.41) is 12.4. The molecular formula is C52H31N3O. The molecule has 2 aromatic heterocycles. The van der Waals surface area contributed by atoms with Crippen LogP contribution >= 0.6 is 0 Å². The van der Waals surface area contributed by atoms with E-state index in [1.54, 1.807) is 0 Å². The van der Waals surface area contributed by atoms with Gasteiger partial charge in [0, 0.05) is 16.5 Å². The van der Waals surface area contributed by atoms with Gasteiger partial charge in [0.2, 0.25) is 11.8 Å². The van der Waals surface area contributed by atoms with Crippen LogP contribution in [0.2, 0.25) is 0 Å². The van der Waals surface area contributed by atoms with Gasteiger partial charge in [-0.15, -0.1) is 10.2 Å². The molecule has 0 amide bonds. The molecule has 0 atom stereocenters. The van der Waals surface area contributed by atoms with E-state index in [0.717, 1.165) is 49.6 Å². The van der Waals surface area contributed by atoms with Gasteiger partial charge in [-0.05, 0) is 90.7 Å². The topological polar surface area (TPSA) is 51.8 Å². The van der Waals surface area contributed by atoms with Crippen molar-refractivity contribution < 1.29 is 4.42 Å². The average molecular weight is 714 g/mol. The zero-order chi connectivity index (χ0) is 36.8. The van der Waals surface area contributed by atoms with Gasteiger partial charge in [0.15, 0.2) is 0 Å². The van der Waals surface area contributed by atoms with Gasteiger partial charge < -0.3 is 4.42 Å². The molecule has 0 bridgehead atoms. The molecule has 4 nitrogen and oxygen atoms in total. The normalized spacial score (nSPS) is 13.1. The van der Waals surface area contributed by atoms with E-state index in [-0.39, 0.29) is 0 Å². The molecule has 0 aliphatic heterocycles. The third kappa shape index (κ3) is 4.27. The lowest BCUT2D eigenvalue weighted by atomic mass is 9.70. The maximum absolute atomic E-state index is 6.58. The van der Waals surface area contributed by atoms with Crippen molar-refractivity contribution in [3.8, 4) is 67.5 Å². The molecule has 260 valence electrons. The summed E-state index contributed by atoms with van der Waals surface area (Å²) in [5.74, 6) is 0.942. The molecule has 56 heavy (non-hydrogen) atoms. The minimum Gasteiger partial charge on any atom is -0.416 e. The molecule has 4 heteroatoms. The third-order valence-corrected chi connectivity index (χ3v) is 11.9. The molecule has 0 unspecified atom stereocenters. The van der Waals surface area contributed by atoms with E-state index in [0.29, 0.717) is 11.8 Å². The number of hydrogen-bond acceptors (Lipinski definition) is 4. The number of pyridine rings is 1. The molecule has 2 heterocycles. The van der Waals surface area contributed by atoms with Crippen LogP contribution in [-0.4, -0.2) is 15.2 Å². The smallest absolute Gasteiger partial charge is 0.248 e. The summed E-state index contributed by atoms with van der Waals surface area (Å²) in [7, 11) is 0. The zero-order valence-corrected chi connectivity index (χ0v) is 30.1. The highest BCUT2D eigenvalue weighted by Crippen LogP contribution is 2.63. The van der Waals surface area contributed by atoms with Gasteiger partial charge in [0.1, 0.15) is 0 Å². The highest BCUT2D eigenvalue weighted by atomic mass is 16.4. The van der Waals surface area contributed by atoms with E-state index >= 15 is 0 Å². The van der Waals surface area contributed by atoms with Crippen LogP contribution < -0.4 is 0 Å². The first kappa shape index (κ1) is 31.0. The van der Waals surface area contributed by atoms with Crippen LogP contribution in [0.5, 0.6) is 0 Å². The van der Waals surface area contributed by atoms with Gasteiger partial charge in [-0.1, -0.05) is 164 Å². The molecule has 0 N–H and O–H groups in total. The number of hydrogen-bond donors (Lipinski definition) is 0. The van der Waals surface area contributed by atoms with Gasteiger partial charge in [-0.25, -0.2) is 4.98 Å². The van der Waals surface area contributed by atoms with E-state index < -0.39 is 5.41 Å². The Morgan fingerprint density at radius 2 is 0.839 bits per heavy atom. The fraction of sp³-hybridized carbons (Fsp3) is 0.0192. The molecule has 8 aromatic carbocycles. The fourth-order valence-corrected chi connectivity index (χ4v) is 9.55. The van der Waals surface area contributed by atoms with Crippen molar-refractivity contribution in [2.45, 2.75) is 5.41 Å². The number of aromatic nitrogens is 3. The maximum atomic E-state index is 6.58.